The fourth-order valence-electron chi connectivity index (χ4n) is 1.18. The number of hydrogen-bond donors (Lipinski definition) is 2. The molecule has 0 fully saturated rings. The lowest BCUT2D eigenvalue weighted by molar-refractivity contribution is 0.149. The van der Waals surface area contributed by atoms with Gasteiger partial charge in [0.15, 0.2) is 0 Å². The van der Waals surface area contributed by atoms with Gasteiger partial charge in [-0.2, -0.15) is 0 Å². The van der Waals surface area contributed by atoms with Gasteiger partial charge in [-0.15, -0.1) is 0 Å². The molecule has 0 aliphatic heterocycles. The molecular formula is C12H18ClNO. The molecule has 0 radical (unpaired) electrons. The molecule has 0 bridgehead atoms. The van der Waals surface area contributed by atoms with Crippen LogP contribution in [0.5, 0.6) is 0 Å². The highest BCUT2D eigenvalue weighted by Gasteiger charge is 2.20. The summed E-state index contributed by atoms with van der Waals surface area (Å²) in [6, 6.07) is 7.59. The summed E-state index contributed by atoms with van der Waals surface area (Å²) in [5, 5.41) is 13.3. The van der Waals surface area contributed by atoms with Gasteiger partial charge in [0, 0.05) is 22.7 Å². The lowest BCUT2D eigenvalue weighted by Gasteiger charge is -2.26. The fraction of sp³-hybridized carbons (Fsp3) is 0.500. The average Bonchev–Trinajstić information content (AvgIpc) is 2.28. The third-order valence-electron chi connectivity index (χ3n) is 2.80. The summed E-state index contributed by atoms with van der Waals surface area (Å²) < 4.78 is 0. The van der Waals surface area contributed by atoms with Crippen molar-refractivity contribution in [3.05, 3.63) is 29.3 Å². The van der Waals surface area contributed by atoms with Crippen LogP contribution in [0.3, 0.4) is 0 Å². The van der Waals surface area contributed by atoms with Gasteiger partial charge in [-0.1, -0.05) is 25.4 Å². The minimum atomic E-state index is -0.0559. The highest BCUT2D eigenvalue weighted by atomic mass is 35.5. The first-order chi connectivity index (χ1) is 7.09. The number of halogens is 1. The van der Waals surface area contributed by atoms with E-state index >= 15 is 0 Å². The lowest BCUT2D eigenvalue weighted by Crippen LogP contribution is -2.29. The topological polar surface area (TPSA) is 32.3 Å². The Bertz CT molecular complexity index is 293. The maximum atomic E-state index is 9.25. The summed E-state index contributed by atoms with van der Waals surface area (Å²) in [7, 11) is 0. The Morgan fingerprint density at radius 2 is 1.93 bits per heavy atom. The lowest BCUT2D eigenvalue weighted by atomic mass is 9.88. The average molecular weight is 228 g/mol. The Morgan fingerprint density at radius 1 is 1.33 bits per heavy atom. The van der Waals surface area contributed by atoms with E-state index in [1.807, 2.05) is 24.3 Å². The van der Waals surface area contributed by atoms with Crippen LogP contribution < -0.4 is 5.32 Å². The summed E-state index contributed by atoms with van der Waals surface area (Å²) in [5.41, 5.74) is 0.979. The molecule has 0 saturated carbocycles. The summed E-state index contributed by atoms with van der Waals surface area (Å²) in [4.78, 5) is 0. The smallest absolute Gasteiger partial charge is 0.0501 e. The van der Waals surface area contributed by atoms with Crippen LogP contribution in [-0.2, 0) is 0 Å². The molecule has 15 heavy (non-hydrogen) atoms. The predicted octanol–water partition coefficient (Wildman–Crippen LogP) is 3.16. The fourth-order valence-corrected chi connectivity index (χ4v) is 1.30. The van der Waals surface area contributed by atoms with Gasteiger partial charge < -0.3 is 10.4 Å². The molecule has 1 rings (SSSR count). The molecular weight excluding hydrogens is 210 g/mol. The number of aliphatic hydroxyl groups excluding tert-OH is 1. The van der Waals surface area contributed by atoms with E-state index in [1.54, 1.807) is 0 Å². The Hall–Kier alpha value is -0.730. The molecule has 2 nitrogen and oxygen atoms in total. The van der Waals surface area contributed by atoms with Crippen molar-refractivity contribution in [1.82, 2.24) is 0 Å². The Morgan fingerprint density at radius 3 is 2.40 bits per heavy atom. The van der Waals surface area contributed by atoms with Crippen LogP contribution in [0.2, 0.25) is 5.02 Å². The van der Waals surface area contributed by atoms with E-state index in [9.17, 15) is 5.11 Å². The molecule has 1 aromatic carbocycles. The number of benzene rings is 1. The van der Waals surface area contributed by atoms with Gasteiger partial charge in [0.2, 0.25) is 0 Å². The van der Waals surface area contributed by atoms with Crippen molar-refractivity contribution in [3.63, 3.8) is 0 Å². The van der Waals surface area contributed by atoms with Crippen molar-refractivity contribution in [2.45, 2.75) is 20.3 Å². The molecule has 1 unspecified atom stereocenters. The van der Waals surface area contributed by atoms with E-state index in [4.69, 9.17) is 11.6 Å². The van der Waals surface area contributed by atoms with Crippen molar-refractivity contribution in [2.24, 2.45) is 5.41 Å². The van der Waals surface area contributed by atoms with Crippen LogP contribution in [0.4, 0.5) is 5.69 Å². The van der Waals surface area contributed by atoms with Gasteiger partial charge >= 0.3 is 0 Å². The maximum Gasteiger partial charge on any atom is 0.0501 e. The van der Waals surface area contributed by atoms with Crippen molar-refractivity contribution >= 4 is 17.3 Å². The highest BCUT2D eigenvalue weighted by Crippen LogP contribution is 2.21. The van der Waals surface area contributed by atoms with Crippen LogP contribution in [0.15, 0.2) is 24.3 Å². The molecule has 2 N–H and O–H groups in total. The standard InChI is InChI=1S/C12H18ClNO/c1-3-12(2,9-15)8-14-11-6-4-10(13)5-7-11/h4-7,14-15H,3,8-9H2,1-2H3. The predicted molar refractivity (Wildman–Crippen MR) is 65.4 cm³/mol. The number of aliphatic hydroxyl groups is 1. The zero-order valence-electron chi connectivity index (χ0n) is 9.26. The van der Waals surface area contributed by atoms with Crippen LogP contribution in [-0.4, -0.2) is 18.3 Å². The SMILES string of the molecule is CCC(C)(CO)CNc1ccc(Cl)cc1. The maximum absolute atomic E-state index is 9.25. The molecule has 3 heteroatoms. The van der Waals surface area contributed by atoms with Gasteiger partial charge in [0.25, 0.3) is 0 Å². The Labute approximate surface area is 96.3 Å². The second-order valence-electron chi connectivity index (χ2n) is 4.18. The normalized spacial score (nSPS) is 14.7. The van der Waals surface area contributed by atoms with Crippen LogP contribution in [0.1, 0.15) is 20.3 Å². The third-order valence-corrected chi connectivity index (χ3v) is 3.05. The first-order valence-electron chi connectivity index (χ1n) is 5.20. The summed E-state index contributed by atoms with van der Waals surface area (Å²) in [6.07, 6.45) is 0.949. The third kappa shape index (κ3) is 3.73. The summed E-state index contributed by atoms with van der Waals surface area (Å²) >= 11 is 5.79. The molecule has 0 aliphatic rings. The number of anilines is 1. The molecule has 0 saturated heterocycles. The van der Waals surface area contributed by atoms with E-state index in [0.29, 0.717) is 0 Å². The van der Waals surface area contributed by atoms with E-state index < -0.39 is 0 Å². The molecule has 0 amide bonds. The number of hydrogen-bond acceptors (Lipinski definition) is 2. The van der Waals surface area contributed by atoms with Crippen molar-refractivity contribution in [2.75, 3.05) is 18.5 Å². The van der Waals surface area contributed by atoms with E-state index in [2.05, 4.69) is 19.2 Å². The zero-order valence-corrected chi connectivity index (χ0v) is 10.0. The monoisotopic (exact) mass is 227 g/mol. The molecule has 0 heterocycles. The molecule has 0 spiro atoms. The van der Waals surface area contributed by atoms with Crippen LogP contribution >= 0.6 is 11.6 Å². The quantitative estimate of drug-likeness (QED) is 0.810. The minimum Gasteiger partial charge on any atom is -0.396 e. The first-order valence-corrected chi connectivity index (χ1v) is 5.58. The minimum absolute atomic E-state index is 0.0559. The molecule has 84 valence electrons. The molecule has 1 atom stereocenters. The first kappa shape index (κ1) is 12.3. The number of rotatable bonds is 5. The van der Waals surface area contributed by atoms with Crippen molar-refractivity contribution in [3.8, 4) is 0 Å². The van der Waals surface area contributed by atoms with Gasteiger partial charge in [0.1, 0.15) is 0 Å². The second kappa shape index (κ2) is 5.38. The summed E-state index contributed by atoms with van der Waals surface area (Å²) in [5.74, 6) is 0. The molecule has 0 aromatic heterocycles. The molecule has 1 aromatic rings. The van der Waals surface area contributed by atoms with Gasteiger partial charge in [-0.05, 0) is 30.7 Å². The number of nitrogens with one attached hydrogen (secondary N) is 1. The highest BCUT2D eigenvalue weighted by molar-refractivity contribution is 6.30. The molecule has 0 aliphatic carbocycles. The van der Waals surface area contributed by atoms with E-state index in [0.717, 1.165) is 23.7 Å². The van der Waals surface area contributed by atoms with E-state index in [-0.39, 0.29) is 12.0 Å². The Balaban J connectivity index is 2.53. The van der Waals surface area contributed by atoms with Crippen molar-refractivity contribution in [1.29, 1.82) is 0 Å². The van der Waals surface area contributed by atoms with Crippen LogP contribution in [0.25, 0.3) is 0 Å². The largest absolute Gasteiger partial charge is 0.396 e. The Kier molecular flexibility index (Phi) is 4.43. The van der Waals surface area contributed by atoms with Gasteiger partial charge in [-0.25, -0.2) is 0 Å². The van der Waals surface area contributed by atoms with Crippen molar-refractivity contribution < 1.29 is 5.11 Å². The second-order valence-corrected chi connectivity index (χ2v) is 4.62. The summed E-state index contributed by atoms with van der Waals surface area (Å²) in [6.45, 7) is 5.11. The van der Waals surface area contributed by atoms with Gasteiger partial charge in [0.05, 0.1) is 6.61 Å². The van der Waals surface area contributed by atoms with E-state index in [1.165, 1.54) is 0 Å². The van der Waals surface area contributed by atoms with Crippen LogP contribution in [0, 0.1) is 5.41 Å². The van der Waals surface area contributed by atoms with Gasteiger partial charge in [-0.3, -0.25) is 0 Å². The zero-order chi connectivity index (χ0) is 11.3.